The molecule has 10 heteroatoms. The summed E-state index contributed by atoms with van der Waals surface area (Å²) in [6.45, 7) is 1.76. The molecule has 0 bridgehead atoms. The van der Waals surface area contributed by atoms with Crippen LogP contribution in [0.1, 0.15) is 47.6 Å². The number of aromatic nitrogens is 4. The molecular weight excluding hydrogens is 403 g/mol. The minimum atomic E-state index is -0.473. The van der Waals surface area contributed by atoms with E-state index in [0.29, 0.717) is 16.8 Å². The van der Waals surface area contributed by atoms with Gasteiger partial charge in [-0.1, -0.05) is 6.07 Å². The zero-order valence-electron chi connectivity index (χ0n) is 17.0. The lowest BCUT2D eigenvalue weighted by Crippen LogP contribution is -2.28. The molecule has 0 aliphatic carbocycles. The Bertz CT molecular complexity index is 1150. The van der Waals surface area contributed by atoms with Gasteiger partial charge in [-0.15, -0.1) is 10.2 Å². The minimum absolute atomic E-state index is 0.122. The first kappa shape index (κ1) is 20.7. The lowest BCUT2D eigenvalue weighted by molar-refractivity contribution is 0.386. The summed E-state index contributed by atoms with van der Waals surface area (Å²) in [5.41, 5.74) is 7.22. The van der Waals surface area contributed by atoms with Crippen molar-refractivity contribution in [2.75, 3.05) is 20.2 Å². The molecule has 3 aromatic rings. The van der Waals surface area contributed by atoms with Gasteiger partial charge in [-0.25, -0.2) is 9.37 Å². The molecule has 9 nitrogen and oxygen atoms in total. The molecule has 0 amide bonds. The fraction of sp³-hybridized carbons (Fsp3) is 0.333. The molecule has 1 aliphatic rings. The highest BCUT2D eigenvalue weighted by molar-refractivity contribution is 5.70. The topological polar surface area (TPSA) is 132 Å². The van der Waals surface area contributed by atoms with E-state index in [1.54, 1.807) is 6.07 Å². The standard InChI is InChI=1S/C21H23FN6O3/c1-30-17-3-2-12(8-15(17)22)9-19-27-28-21(31-19)14(11-23)20-25-16(10-18(29)26-20)13-4-6-24-7-5-13/h2-3,8,10-11,13,24H,4-7,9,23H2,1H3,(H,25,26,29). The van der Waals surface area contributed by atoms with E-state index in [0.717, 1.165) is 25.9 Å². The Morgan fingerprint density at radius 2 is 2.13 bits per heavy atom. The molecule has 0 spiro atoms. The Balaban J connectivity index is 1.58. The maximum atomic E-state index is 13.9. The number of methoxy groups -OCH3 is 1. The van der Waals surface area contributed by atoms with Crippen LogP contribution >= 0.6 is 0 Å². The zero-order valence-corrected chi connectivity index (χ0v) is 17.0. The number of nitrogens with zero attached hydrogens (tertiary/aromatic N) is 3. The van der Waals surface area contributed by atoms with Crippen LogP contribution < -0.4 is 21.3 Å². The van der Waals surface area contributed by atoms with E-state index < -0.39 is 5.82 Å². The van der Waals surface area contributed by atoms with Gasteiger partial charge in [0.05, 0.1) is 24.8 Å². The van der Waals surface area contributed by atoms with E-state index in [2.05, 4.69) is 25.5 Å². The third-order valence-corrected chi connectivity index (χ3v) is 5.21. The highest BCUT2D eigenvalue weighted by atomic mass is 19.1. The van der Waals surface area contributed by atoms with Crippen molar-refractivity contribution in [3.05, 3.63) is 75.5 Å². The van der Waals surface area contributed by atoms with E-state index in [4.69, 9.17) is 14.9 Å². The van der Waals surface area contributed by atoms with Gasteiger partial charge in [-0.2, -0.15) is 0 Å². The van der Waals surface area contributed by atoms with Crippen LogP contribution in [0.3, 0.4) is 0 Å². The summed E-state index contributed by atoms with van der Waals surface area (Å²) < 4.78 is 24.6. The number of rotatable bonds is 6. The lowest BCUT2D eigenvalue weighted by Gasteiger charge is -2.22. The van der Waals surface area contributed by atoms with Gasteiger partial charge in [0.25, 0.3) is 11.4 Å². The van der Waals surface area contributed by atoms with E-state index in [-0.39, 0.29) is 41.3 Å². The number of nitrogens with one attached hydrogen (secondary N) is 2. The predicted molar refractivity (Wildman–Crippen MR) is 111 cm³/mol. The number of hydrogen-bond acceptors (Lipinski definition) is 8. The number of piperidine rings is 1. The van der Waals surface area contributed by atoms with Gasteiger partial charge in [-0.05, 0) is 43.6 Å². The monoisotopic (exact) mass is 426 g/mol. The van der Waals surface area contributed by atoms with Gasteiger partial charge in [0.1, 0.15) is 5.82 Å². The number of benzene rings is 1. The zero-order chi connectivity index (χ0) is 21.8. The van der Waals surface area contributed by atoms with Crippen molar-refractivity contribution in [3.8, 4) is 5.75 Å². The van der Waals surface area contributed by atoms with Crippen LogP contribution in [-0.4, -0.2) is 40.4 Å². The quantitative estimate of drug-likeness (QED) is 0.543. The fourth-order valence-corrected chi connectivity index (χ4v) is 3.61. The van der Waals surface area contributed by atoms with E-state index >= 15 is 0 Å². The second-order valence-corrected chi connectivity index (χ2v) is 7.27. The van der Waals surface area contributed by atoms with Crippen molar-refractivity contribution in [3.63, 3.8) is 0 Å². The van der Waals surface area contributed by atoms with Crippen molar-refractivity contribution in [2.45, 2.75) is 25.2 Å². The van der Waals surface area contributed by atoms with Crippen molar-refractivity contribution >= 4 is 5.57 Å². The summed E-state index contributed by atoms with van der Waals surface area (Å²) in [6, 6.07) is 6.12. The molecule has 0 saturated carbocycles. The summed E-state index contributed by atoms with van der Waals surface area (Å²) in [5.74, 6) is 0.553. The van der Waals surface area contributed by atoms with Gasteiger partial charge in [0, 0.05) is 18.2 Å². The van der Waals surface area contributed by atoms with Gasteiger partial charge in [0.15, 0.2) is 11.6 Å². The predicted octanol–water partition coefficient (Wildman–Crippen LogP) is 1.71. The van der Waals surface area contributed by atoms with Crippen LogP contribution in [0, 0.1) is 5.82 Å². The SMILES string of the molecule is COc1ccc(Cc2nnc(C(=CN)c3nc(C4CCNCC4)cc(=O)[nH]3)o2)cc1F. The van der Waals surface area contributed by atoms with Crippen LogP contribution in [0.15, 0.2) is 39.7 Å². The average Bonchev–Trinajstić information content (AvgIpc) is 3.22. The van der Waals surface area contributed by atoms with E-state index in [9.17, 15) is 9.18 Å². The normalized spacial score (nSPS) is 15.2. The molecule has 1 aliphatic heterocycles. The molecule has 31 heavy (non-hydrogen) atoms. The summed E-state index contributed by atoms with van der Waals surface area (Å²) in [4.78, 5) is 19.5. The Kier molecular flexibility index (Phi) is 6.08. The average molecular weight is 426 g/mol. The maximum absolute atomic E-state index is 13.9. The summed E-state index contributed by atoms with van der Waals surface area (Å²) in [7, 11) is 1.40. The number of H-pyrrole nitrogens is 1. The van der Waals surface area contributed by atoms with Crippen LogP contribution in [0.25, 0.3) is 5.57 Å². The molecule has 162 valence electrons. The van der Waals surface area contributed by atoms with Crippen molar-refractivity contribution in [1.82, 2.24) is 25.5 Å². The van der Waals surface area contributed by atoms with Crippen LogP contribution in [-0.2, 0) is 6.42 Å². The number of hydrogen-bond donors (Lipinski definition) is 3. The summed E-state index contributed by atoms with van der Waals surface area (Å²) >= 11 is 0. The molecule has 4 rings (SSSR count). The van der Waals surface area contributed by atoms with Crippen LogP contribution in [0.5, 0.6) is 5.75 Å². The van der Waals surface area contributed by atoms with Crippen molar-refractivity contribution in [1.29, 1.82) is 0 Å². The van der Waals surface area contributed by atoms with E-state index in [1.807, 2.05) is 0 Å². The molecular formula is C21H23FN6O3. The molecule has 1 saturated heterocycles. The minimum Gasteiger partial charge on any atom is -0.494 e. The molecule has 1 aromatic carbocycles. The third kappa shape index (κ3) is 4.64. The third-order valence-electron chi connectivity index (χ3n) is 5.21. The number of halogens is 1. The fourth-order valence-electron chi connectivity index (χ4n) is 3.61. The first-order chi connectivity index (χ1) is 15.1. The Labute approximate surface area is 177 Å². The molecule has 4 N–H and O–H groups in total. The van der Waals surface area contributed by atoms with E-state index in [1.165, 1.54) is 31.5 Å². The Hall–Kier alpha value is -3.53. The van der Waals surface area contributed by atoms with Crippen LogP contribution in [0.2, 0.25) is 0 Å². The molecule has 1 fully saturated rings. The van der Waals surface area contributed by atoms with Crippen molar-refractivity contribution in [2.24, 2.45) is 5.73 Å². The second kappa shape index (κ2) is 9.09. The number of nitrogens with two attached hydrogens (primary N) is 1. The summed E-state index contributed by atoms with van der Waals surface area (Å²) in [6.07, 6.45) is 3.31. The summed E-state index contributed by atoms with van der Waals surface area (Å²) in [5, 5.41) is 11.3. The number of aromatic amines is 1. The molecule has 0 atom stereocenters. The molecule has 0 radical (unpaired) electrons. The second-order valence-electron chi connectivity index (χ2n) is 7.27. The highest BCUT2D eigenvalue weighted by Gasteiger charge is 2.21. The number of ether oxygens (including phenoxy) is 1. The smallest absolute Gasteiger partial charge is 0.252 e. The Morgan fingerprint density at radius 1 is 1.32 bits per heavy atom. The first-order valence-corrected chi connectivity index (χ1v) is 9.96. The highest BCUT2D eigenvalue weighted by Crippen LogP contribution is 2.25. The molecule has 2 aromatic heterocycles. The first-order valence-electron chi connectivity index (χ1n) is 9.96. The van der Waals surface area contributed by atoms with Gasteiger partial charge >= 0.3 is 0 Å². The molecule has 0 unspecified atom stereocenters. The van der Waals surface area contributed by atoms with Crippen molar-refractivity contribution < 1.29 is 13.5 Å². The largest absolute Gasteiger partial charge is 0.494 e. The lowest BCUT2D eigenvalue weighted by atomic mass is 9.94. The maximum Gasteiger partial charge on any atom is 0.252 e. The van der Waals surface area contributed by atoms with Gasteiger partial charge in [-0.3, -0.25) is 4.79 Å². The Morgan fingerprint density at radius 3 is 2.84 bits per heavy atom. The van der Waals surface area contributed by atoms with Gasteiger partial charge in [0.2, 0.25) is 5.89 Å². The molecule has 3 heterocycles. The van der Waals surface area contributed by atoms with Gasteiger partial charge < -0.3 is 25.2 Å². The van der Waals surface area contributed by atoms with Crippen LogP contribution in [0.4, 0.5) is 4.39 Å².